The van der Waals surface area contributed by atoms with Crippen molar-refractivity contribution in [1.82, 2.24) is 5.32 Å². The number of benzene rings is 1. The zero-order valence-electron chi connectivity index (χ0n) is 11.0. The SMILES string of the molecule is COc1ccc(N)c(OCCC(=O)NC(C)C)c1. The molecule has 0 bridgehead atoms. The van der Waals surface area contributed by atoms with Crippen molar-refractivity contribution in [2.45, 2.75) is 26.3 Å². The van der Waals surface area contributed by atoms with E-state index in [1.54, 1.807) is 25.3 Å². The van der Waals surface area contributed by atoms with Crippen LogP contribution >= 0.6 is 0 Å². The molecule has 5 nitrogen and oxygen atoms in total. The van der Waals surface area contributed by atoms with Crippen molar-refractivity contribution in [3.8, 4) is 11.5 Å². The number of ether oxygens (including phenoxy) is 2. The summed E-state index contributed by atoms with van der Waals surface area (Å²) in [5.41, 5.74) is 6.29. The molecule has 18 heavy (non-hydrogen) atoms. The summed E-state index contributed by atoms with van der Waals surface area (Å²) in [6.45, 7) is 4.12. The minimum atomic E-state index is -0.0357. The lowest BCUT2D eigenvalue weighted by Gasteiger charge is -2.11. The van der Waals surface area contributed by atoms with E-state index >= 15 is 0 Å². The number of nitrogens with two attached hydrogens (primary N) is 1. The number of hydrogen-bond donors (Lipinski definition) is 2. The van der Waals surface area contributed by atoms with Crippen LogP contribution < -0.4 is 20.5 Å². The maximum Gasteiger partial charge on any atom is 0.223 e. The summed E-state index contributed by atoms with van der Waals surface area (Å²) in [6, 6.07) is 5.31. The summed E-state index contributed by atoms with van der Waals surface area (Å²) in [7, 11) is 1.57. The second-order valence-electron chi connectivity index (χ2n) is 4.22. The van der Waals surface area contributed by atoms with Gasteiger partial charge in [-0.1, -0.05) is 0 Å². The molecule has 0 saturated carbocycles. The molecule has 1 rings (SSSR count). The van der Waals surface area contributed by atoms with Crippen LogP contribution in [0.3, 0.4) is 0 Å². The average Bonchev–Trinajstić information content (AvgIpc) is 2.30. The molecular weight excluding hydrogens is 232 g/mol. The van der Waals surface area contributed by atoms with Crippen LogP contribution in [0, 0.1) is 0 Å². The van der Waals surface area contributed by atoms with Crippen LogP contribution in [-0.4, -0.2) is 25.7 Å². The predicted molar refractivity (Wildman–Crippen MR) is 70.8 cm³/mol. The van der Waals surface area contributed by atoms with Gasteiger partial charge in [0, 0.05) is 12.1 Å². The van der Waals surface area contributed by atoms with E-state index in [0.29, 0.717) is 23.6 Å². The number of rotatable bonds is 6. The monoisotopic (exact) mass is 252 g/mol. The van der Waals surface area contributed by atoms with E-state index in [4.69, 9.17) is 15.2 Å². The van der Waals surface area contributed by atoms with Gasteiger partial charge in [0.05, 0.1) is 25.8 Å². The van der Waals surface area contributed by atoms with Gasteiger partial charge in [-0.15, -0.1) is 0 Å². The summed E-state index contributed by atoms with van der Waals surface area (Å²) in [5.74, 6) is 1.17. The molecule has 0 spiro atoms. The van der Waals surface area contributed by atoms with E-state index in [2.05, 4.69) is 5.32 Å². The smallest absolute Gasteiger partial charge is 0.223 e. The number of carbonyl (C=O) groups is 1. The molecule has 0 aliphatic carbocycles. The Morgan fingerprint density at radius 1 is 1.44 bits per heavy atom. The van der Waals surface area contributed by atoms with Gasteiger partial charge in [0.15, 0.2) is 0 Å². The molecule has 0 saturated heterocycles. The summed E-state index contributed by atoms with van der Waals surface area (Å²) in [6.07, 6.45) is 0.300. The van der Waals surface area contributed by atoms with Crippen LogP contribution in [0.2, 0.25) is 0 Å². The molecule has 1 aromatic carbocycles. The quantitative estimate of drug-likeness (QED) is 0.754. The second-order valence-corrected chi connectivity index (χ2v) is 4.22. The molecule has 0 unspecified atom stereocenters. The minimum absolute atomic E-state index is 0.0357. The van der Waals surface area contributed by atoms with Gasteiger partial charge < -0.3 is 20.5 Å². The lowest BCUT2D eigenvalue weighted by molar-refractivity contribution is -0.122. The molecule has 3 N–H and O–H groups in total. The summed E-state index contributed by atoms with van der Waals surface area (Å²) in [5, 5.41) is 2.79. The van der Waals surface area contributed by atoms with E-state index in [0.717, 1.165) is 0 Å². The first kappa shape index (κ1) is 14.2. The van der Waals surface area contributed by atoms with Gasteiger partial charge in [-0.25, -0.2) is 0 Å². The van der Waals surface area contributed by atoms with E-state index in [9.17, 15) is 4.79 Å². The third-order valence-corrected chi connectivity index (χ3v) is 2.26. The molecule has 1 amide bonds. The molecule has 0 aliphatic rings. The Bertz CT molecular complexity index is 405. The van der Waals surface area contributed by atoms with Crippen LogP contribution in [0.1, 0.15) is 20.3 Å². The molecule has 5 heteroatoms. The highest BCUT2D eigenvalue weighted by Crippen LogP contribution is 2.26. The molecule has 0 atom stereocenters. The molecule has 1 aromatic rings. The van der Waals surface area contributed by atoms with Crippen molar-refractivity contribution in [3.63, 3.8) is 0 Å². The van der Waals surface area contributed by atoms with Gasteiger partial charge in [-0.2, -0.15) is 0 Å². The Hall–Kier alpha value is -1.91. The van der Waals surface area contributed by atoms with Crippen molar-refractivity contribution in [1.29, 1.82) is 0 Å². The Balaban J connectivity index is 2.46. The Morgan fingerprint density at radius 2 is 2.17 bits per heavy atom. The van der Waals surface area contributed by atoms with Crippen molar-refractivity contribution in [2.75, 3.05) is 19.5 Å². The van der Waals surface area contributed by atoms with Crippen LogP contribution in [0.5, 0.6) is 11.5 Å². The van der Waals surface area contributed by atoms with Gasteiger partial charge in [-0.3, -0.25) is 4.79 Å². The summed E-state index contributed by atoms with van der Waals surface area (Å²) >= 11 is 0. The number of carbonyl (C=O) groups excluding carboxylic acids is 1. The van der Waals surface area contributed by atoms with Crippen molar-refractivity contribution < 1.29 is 14.3 Å². The van der Waals surface area contributed by atoms with Gasteiger partial charge in [-0.05, 0) is 26.0 Å². The van der Waals surface area contributed by atoms with E-state index in [1.807, 2.05) is 13.8 Å². The molecule has 0 aromatic heterocycles. The average molecular weight is 252 g/mol. The summed E-state index contributed by atoms with van der Waals surface area (Å²) in [4.78, 5) is 11.4. The standard InChI is InChI=1S/C13H20N2O3/c1-9(2)15-13(16)6-7-18-12-8-10(17-3)4-5-11(12)14/h4-5,8-9H,6-7,14H2,1-3H3,(H,15,16). The van der Waals surface area contributed by atoms with E-state index < -0.39 is 0 Å². The van der Waals surface area contributed by atoms with Crippen molar-refractivity contribution in [3.05, 3.63) is 18.2 Å². The van der Waals surface area contributed by atoms with Crippen LogP contribution in [0.15, 0.2) is 18.2 Å². The fraction of sp³-hybridized carbons (Fsp3) is 0.462. The van der Waals surface area contributed by atoms with E-state index in [-0.39, 0.29) is 18.6 Å². The van der Waals surface area contributed by atoms with Crippen molar-refractivity contribution >= 4 is 11.6 Å². The lowest BCUT2D eigenvalue weighted by Crippen LogP contribution is -2.31. The lowest BCUT2D eigenvalue weighted by atomic mass is 10.3. The Labute approximate surface area is 107 Å². The zero-order chi connectivity index (χ0) is 13.5. The third kappa shape index (κ3) is 4.53. The molecule has 0 fully saturated rings. The maximum absolute atomic E-state index is 11.4. The first-order chi connectivity index (χ1) is 8.52. The normalized spacial score (nSPS) is 10.2. The Kier molecular flexibility index (Phi) is 5.30. The van der Waals surface area contributed by atoms with Crippen LogP contribution in [0.25, 0.3) is 0 Å². The van der Waals surface area contributed by atoms with Crippen LogP contribution in [-0.2, 0) is 4.79 Å². The number of hydrogen-bond acceptors (Lipinski definition) is 4. The first-order valence-corrected chi connectivity index (χ1v) is 5.88. The molecule has 0 radical (unpaired) electrons. The van der Waals surface area contributed by atoms with Gasteiger partial charge in [0.25, 0.3) is 0 Å². The number of nitrogens with one attached hydrogen (secondary N) is 1. The maximum atomic E-state index is 11.4. The first-order valence-electron chi connectivity index (χ1n) is 5.88. The van der Waals surface area contributed by atoms with Gasteiger partial charge in [0.1, 0.15) is 11.5 Å². The fourth-order valence-electron chi connectivity index (χ4n) is 1.41. The number of amides is 1. The predicted octanol–water partition coefficient (Wildman–Crippen LogP) is 1.57. The number of anilines is 1. The highest BCUT2D eigenvalue weighted by Gasteiger charge is 2.06. The number of methoxy groups -OCH3 is 1. The molecule has 100 valence electrons. The largest absolute Gasteiger partial charge is 0.497 e. The fourth-order valence-corrected chi connectivity index (χ4v) is 1.41. The van der Waals surface area contributed by atoms with Gasteiger partial charge in [0.2, 0.25) is 5.91 Å². The van der Waals surface area contributed by atoms with Crippen LogP contribution in [0.4, 0.5) is 5.69 Å². The second kappa shape index (κ2) is 6.74. The van der Waals surface area contributed by atoms with Crippen molar-refractivity contribution in [2.24, 2.45) is 0 Å². The van der Waals surface area contributed by atoms with E-state index in [1.165, 1.54) is 0 Å². The highest BCUT2D eigenvalue weighted by atomic mass is 16.5. The Morgan fingerprint density at radius 3 is 2.78 bits per heavy atom. The molecular formula is C13H20N2O3. The topological polar surface area (TPSA) is 73.6 Å². The molecule has 0 heterocycles. The number of nitrogen functional groups attached to an aromatic ring is 1. The minimum Gasteiger partial charge on any atom is -0.497 e. The van der Waals surface area contributed by atoms with Gasteiger partial charge >= 0.3 is 0 Å². The highest BCUT2D eigenvalue weighted by molar-refractivity contribution is 5.76. The zero-order valence-corrected chi connectivity index (χ0v) is 11.0. The third-order valence-electron chi connectivity index (χ3n) is 2.26. The summed E-state index contributed by atoms with van der Waals surface area (Å²) < 4.78 is 10.5. The molecule has 0 aliphatic heterocycles.